The maximum Gasteiger partial charge on any atom is 0.337 e. The summed E-state index contributed by atoms with van der Waals surface area (Å²) in [5.41, 5.74) is 1.12. The van der Waals surface area contributed by atoms with E-state index in [0.717, 1.165) is 5.56 Å². The zero-order valence-corrected chi connectivity index (χ0v) is 12.4. The van der Waals surface area contributed by atoms with E-state index in [9.17, 15) is 14.7 Å². The molecule has 0 radical (unpaired) electrons. The first-order chi connectivity index (χ1) is 10.5. The van der Waals surface area contributed by atoms with Crippen LogP contribution in [0.5, 0.6) is 5.75 Å². The number of carbonyl (C=O) groups is 2. The normalized spacial score (nSPS) is 11.5. The molecule has 2 aromatic carbocycles. The molecule has 0 aliphatic heterocycles. The average Bonchev–Trinajstić information content (AvgIpc) is 2.49. The average molecular weight is 299 g/mol. The second-order valence-electron chi connectivity index (χ2n) is 4.92. The van der Waals surface area contributed by atoms with E-state index in [1.807, 2.05) is 18.2 Å². The van der Waals surface area contributed by atoms with Gasteiger partial charge in [0.25, 0.3) is 5.91 Å². The van der Waals surface area contributed by atoms with Crippen molar-refractivity contribution in [1.29, 1.82) is 0 Å². The third-order valence-corrected chi connectivity index (χ3v) is 3.09. The fraction of sp³-hybridized carbons (Fsp3) is 0.176. The van der Waals surface area contributed by atoms with Crippen molar-refractivity contribution in [2.75, 3.05) is 5.32 Å². The Morgan fingerprint density at radius 1 is 1.14 bits per heavy atom. The fourth-order valence-corrected chi connectivity index (χ4v) is 1.94. The van der Waals surface area contributed by atoms with E-state index in [-0.39, 0.29) is 11.3 Å². The van der Waals surface area contributed by atoms with Crippen LogP contribution in [0.4, 0.5) is 5.69 Å². The van der Waals surface area contributed by atoms with Crippen LogP contribution in [0.25, 0.3) is 0 Å². The molecule has 22 heavy (non-hydrogen) atoms. The van der Waals surface area contributed by atoms with E-state index in [2.05, 4.69) is 5.32 Å². The summed E-state index contributed by atoms with van der Waals surface area (Å²) in [6.07, 6.45) is -0.745. The topological polar surface area (TPSA) is 75.6 Å². The summed E-state index contributed by atoms with van der Waals surface area (Å²) in [5, 5.41) is 11.8. The van der Waals surface area contributed by atoms with Gasteiger partial charge in [-0.2, -0.15) is 0 Å². The van der Waals surface area contributed by atoms with Crippen molar-refractivity contribution in [2.24, 2.45) is 0 Å². The second-order valence-corrected chi connectivity index (χ2v) is 4.92. The maximum absolute atomic E-state index is 12.1. The van der Waals surface area contributed by atoms with Gasteiger partial charge in [0, 0.05) is 0 Å². The number of aromatic carboxylic acids is 1. The summed E-state index contributed by atoms with van der Waals surface area (Å²) in [4.78, 5) is 23.4. The zero-order chi connectivity index (χ0) is 16.1. The molecule has 0 bridgehead atoms. The van der Waals surface area contributed by atoms with Crippen molar-refractivity contribution in [3.05, 3.63) is 59.7 Å². The lowest BCUT2D eigenvalue weighted by molar-refractivity contribution is -0.122. The van der Waals surface area contributed by atoms with Gasteiger partial charge in [0.2, 0.25) is 0 Å². The van der Waals surface area contributed by atoms with Gasteiger partial charge in [0.1, 0.15) is 5.75 Å². The zero-order valence-electron chi connectivity index (χ0n) is 12.4. The van der Waals surface area contributed by atoms with Crippen molar-refractivity contribution < 1.29 is 19.4 Å². The van der Waals surface area contributed by atoms with Crippen LogP contribution >= 0.6 is 0 Å². The Morgan fingerprint density at radius 3 is 2.45 bits per heavy atom. The number of para-hydroxylation sites is 1. The molecule has 2 aromatic rings. The number of hydrogen-bond donors (Lipinski definition) is 2. The van der Waals surface area contributed by atoms with Gasteiger partial charge in [0.15, 0.2) is 6.10 Å². The van der Waals surface area contributed by atoms with Crippen LogP contribution in [0.3, 0.4) is 0 Å². The number of ether oxygens (including phenoxy) is 1. The first-order valence-electron chi connectivity index (χ1n) is 6.84. The molecule has 0 fully saturated rings. The predicted molar refractivity (Wildman–Crippen MR) is 83.3 cm³/mol. The fourth-order valence-electron chi connectivity index (χ4n) is 1.94. The van der Waals surface area contributed by atoms with Gasteiger partial charge in [-0.3, -0.25) is 4.79 Å². The molecule has 114 valence electrons. The molecule has 0 aromatic heterocycles. The quantitative estimate of drug-likeness (QED) is 0.889. The highest BCUT2D eigenvalue weighted by Crippen LogP contribution is 2.18. The van der Waals surface area contributed by atoms with Gasteiger partial charge in [-0.15, -0.1) is 0 Å². The molecule has 5 heteroatoms. The number of amides is 1. The number of rotatable bonds is 5. The molecule has 0 saturated heterocycles. The molecule has 0 spiro atoms. The van der Waals surface area contributed by atoms with Gasteiger partial charge < -0.3 is 15.2 Å². The molecule has 2 rings (SSSR count). The summed E-state index contributed by atoms with van der Waals surface area (Å²) in [6, 6.07) is 13.8. The summed E-state index contributed by atoms with van der Waals surface area (Å²) in [7, 11) is 0. The molecule has 0 saturated carbocycles. The Hall–Kier alpha value is -2.82. The molecular weight excluding hydrogens is 282 g/mol. The van der Waals surface area contributed by atoms with Gasteiger partial charge in [-0.25, -0.2) is 4.79 Å². The first kappa shape index (κ1) is 15.6. The van der Waals surface area contributed by atoms with E-state index in [1.54, 1.807) is 38.1 Å². The van der Waals surface area contributed by atoms with Crippen LogP contribution in [-0.4, -0.2) is 23.1 Å². The molecule has 0 aliphatic rings. The SMILES string of the molecule is Cc1ccc(NC(=O)[C@H](C)Oc2ccccc2)c(C(=O)O)c1. The minimum absolute atomic E-state index is 0.0558. The Bertz CT molecular complexity index is 682. The Balaban J connectivity index is 2.10. The van der Waals surface area contributed by atoms with Crippen LogP contribution in [0.1, 0.15) is 22.8 Å². The lowest BCUT2D eigenvalue weighted by Gasteiger charge is -2.16. The molecule has 5 nitrogen and oxygen atoms in total. The minimum atomic E-state index is -1.09. The monoisotopic (exact) mass is 299 g/mol. The van der Waals surface area contributed by atoms with Gasteiger partial charge >= 0.3 is 5.97 Å². The molecule has 2 N–H and O–H groups in total. The largest absolute Gasteiger partial charge is 0.481 e. The Labute approximate surface area is 128 Å². The van der Waals surface area contributed by atoms with Crippen molar-refractivity contribution >= 4 is 17.6 Å². The van der Waals surface area contributed by atoms with Crippen molar-refractivity contribution in [3.8, 4) is 5.75 Å². The van der Waals surface area contributed by atoms with Crippen LogP contribution in [0.15, 0.2) is 48.5 Å². The van der Waals surface area contributed by atoms with Crippen LogP contribution in [0, 0.1) is 6.92 Å². The van der Waals surface area contributed by atoms with Gasteiger partial charge in [0.05, 0.1) is 11.3 Å². The summed E-state index contributed by atoms with van der Waals surface area (Å²) < 4.78 is 5.51. The first-order valence-corrected chi connectivity index (χ1v) is 6.84. The number of aryl methyl sites for hydroxylation is 1. The number of anilines is 1. The third kappa shape index (κ3) is 3.85. The molecular formula is C17H17NO4. The minimum Gasteiger partial charge on any atom is -0.481 e. The number of benzene rings is 2. The smallest absolute Gasteiger partial charge is 0.337 e. The molecule has 1 atom stereocenters. The number of carboxylic acid groups (broad SMARTS) is 1. The van der Waals surface area contributed by atoms with Crippen molar-refractivity contribution in [3.63, 3.8) is 0 Å². The van der Waals surface area contributed by atoms with E-state index >= 15 is 0 Å². The molecule has 1 amide bonds. The molecule has 0 unspecified atom stereocenters. The summed E-state index contributed by atoms with van der Waals surface area (Å²) in [5.74, 6) is -0.918. The van der Waals surface area contributed by atoms with E-state index in [1.165, 1.54) is 6.07 Å². The Kier molecular flexibility index (Phi) is 4.78. The summed E-state index contributed by atoms with van der Waals surface area (Å²) >= 11 is 0. The van der Waals surface area contributed by atoms with Gasteiger partial charge in [-0.05, 0) is 38.1 Å². The lowest BCUT2D eigenvalue weighted by Crippen LogP contribution is -2.30. The number of hydrogen-bond acceptors (Lipinski definition) is 3. The standard InChI is InChI=1S/C17H17NO4/c1-11-8-9-15(14(10-11)17(20)21)18-16(19)12(2)22-13-6-4-3-5-7-13/h3-10,12H,1-2H3,(H,18,19)(H,20,21)/t12-/m0/s1. The molecule has 0 aliphatic carbocycles. The van der Waals surface area contributed by atoms with Crippen LogP contribution in [0.2, 0.25) is 0 Å². The Morgan fingerprint density at radius 2 is 1.82 bits per heavy atom. The highest BCUT2D eigenvalue weighted by Gasteiger charge is 2.18. The lowest BCUT2D eigenvalue weighted by atomic mass is 10.1. The number of carbonyl (C=O) groups excluding carboxylic acids is 1. The van der Waals surface area contributed by atoms with Crippen molar-refractivity contribution in [2.45, 2.75) is 20.0 Å². The van der Waals surface area contributed by atoms with Crippen LogP contribution in [-0.2, 0) is 4.79 Å². The van der Waals surface area contributed by atoms with Crippen molar-refractivity contribution in [1.82, 2.24) is 0 Å². The van der Waals surface area contributed by atoms with E-state index < -0.39 is 18.0 Å². The highest BCUT2D eigenvalue weighted by molar-refractivity contribution is 6.01. The van der Waals surface area contributed by atoms with E-state index in [0.29, 0.717) is 5.75 Å². The van der Waals surface area contributed by atoms with Crippen LogP contribution < -0.4 is 10.1 Å². The predicted octanol–water partition coefficient (Wildman–Crippen LogP) is 3.10. The maximum atomic E-state index is 12.1. The highest BCUT2D eigenvalue weighted by atomic mass is 16.5. The third-order valence-electron chi connectivity index (χ3n) is 3.09. The van der Waals surface area contributed by atoms with E-state index in [4.69, 9.17) is 4.74 Å². The molecule has 0 heterocycles. The number of nitrogens with one attached hydrogen (secondary N) is 1. The van der Waals surface area contributed by atoms with Gasteiger partial charge in [-0.1, -0.05) is 29.8 Å². The second kappa shape index (κ2) is 6.76. The number of carboxylic acids is 1. The summed E-state index contributed by atoms with van der Waals surface area (Å²) in [6.45, 7) is 3.40.